The van der Waals surface area contributed by atoms with E-state index in [2.05, 4.69) is 15.3 Å². The number of aryl methyl sites for hydroxylation is 1. The second-order valence-electron chi connectivity index (χ2n) is 6.50. The summed E-state index contributed by atoms with van der Waals surface area (Å²) in [7, 11) is 2.00. The highest BCUT2D eigenvalue weighted by Crippen LogP contribution is 2.33. The summed E-state index contributed by atoms with van der Waals surface area (Å²) in [4.78, 5) is 26.4. The van der Waals surface area contributed by atoms with Crippen LogP contribution in [-0.2, 0) is 11.3 Å². The average Bonchev–Trinajstić information content (AvgIpc) is 2.68. The van der Waals surface area contributed by atoms with E-state index in [0.717, 1.165) is 29.2 Å². The number of anilines is 2. The third-order valence-electron chi connectivity index (χ3n) is 4.65. The van der Waals surface area contributed by atoms with Crippen LogP contribution in [0.1, 0.15) is 6.42 Å². The Kier molecular flexibility index (Phi) is 4.50. The van der Waals surface area contributed by atoms with E-state index in [-0.39, 0.29) is 17.8 Å². The number of hydrogen-bond acceptors (Lipinski definition) is 5. The van der Waals surface area contributed by atoms with Gasteiger partial charge in [0, 0.05) is 24.5 Å². The van der Waals surface area contributed by atoms with E-state index in [1.165, 1.54) is 6.20 Å². The topological polar surface area (TPSA) is 76.5 Å². The number of carbonyl (C=O) groups is 1. The third kappa shape index (κ3) is 3.48. The third-order valence-corrected chi connectivity index (χ3v) is 4.65. The molecule has 1 aliphatic rings. The maximum Gasteiger partial charge on any atom is 0.226 e. The van der Waals surface area contributed by atoms with Crippen molar-refractivity contribution in [2.45, 2.75) is 13.0 Å². The van der Waals surface area contributed by atoms with Crippen molar-refractivity contribution in [3.05, 3.63) is 58.9 Å². The van der Waals surface area contributed by atoms with E-state index >= 15 is 0 Å². The molecule has 7 heteroatoms. The Labute approximate surface area is 156 Å². The number of aromatic nitrogens is 2. The summed E-state index contributed by atoms with van der Waals surface area (Å²) in [6.07, 6.45) is 1.54. The summed E-state index contributed by atoms with van der Waals surface area (Å²) in [5, 5.41) is 7.67. The number of ether oxygens (including phenoxy) is 1. The summed E-state index contributed by atoms with van der Waals surface area (Å²) in [5.74, 6) is 0.713. The molecule has 0 radical (unpaired) electrons. The minimum atomic E-state index is -0.119. The molecule has 7 nitrogen and oxygen atoms in total. The van der Waals surface area contributed by atoms with Crippen LogP contribution in [0.15, 0.2) is 53.5 Å². The van der Waals surface area contributed by atoms with Gasteiger partial charge in [0.15, 0.2) is 0 Å². The summed E-state index contributed by atoms with van der Waals surface area (Å²) < 4.78 is 7.30. The van der Waals surface area contributed by atoms with Gasteiger partial charge in [-0.05, 0) is 30.3 Å². The zero-order valence-corrected chi connectivity index (χ0v) is 15.0. The lowest BCUT2D eigenvalue weighted by Crippen LogP contribution is -2.28. The van der Waals surface area contributed by atoms with Gasteiger partial charge in [0.2, 0.25) is 11.3 Å². The molecular formula is C20H20N4O3. The highest BCUT2D eigenvalue weighted by Gasteiger charge is 2.15. The molecule has 0 bridgehead atoms. The largest absolute Gasteiger partial charge is 0.490 e. The summed E-state index contributed by atoms with van der Waals surface area (Å²) in [6, 6.07) is 12.9. The van der Waals surface area contributed by atoms with Gasteiger partial charge >= 0.3 is 0 Å². The summed E-state index contributed by atoms with van der Waals surface area (Å²) >= 11 is 0. The number of nitrogens with one attached hydrogen (secondary N) is 1. The Balaban J connectivity index is 1.46. The second-order valence-corrected chi connectivity index (χ2v) is 6.50. The number of para-hydroxylation sites is 1. The molecule has 3 aromatic rings. The number of likely N-dealkylation sites (N-methyl/N-ethyl adjacent to an activating group) is 1. The number of benzene rings is 2. The van der Waals surface area contributed by atoms with E-state index < -0.39 is 0 Å². The number of carbonyl (C=O) groups excluding carboxylic acids is 1. The second kappa shape index (κ2) is 7.11. The maximum absolute atomic E-state index is 12.4. The Hall–Kier alpha value is -3.35. The zero-order chi connectivity index (χ0) is 18.8. The molecule has 4 rings (SSSR count). The lowest BCUT2D eigenvalue weighted by molar-refractivity contribution is -0.116. The summed E-state index contributed by atoms with van der Waals surface area (Å²) in [6.45, 7) is 1.87. The minimum absolute atomic E-state index is 0.112. The molecule has 2 heterocycles. The predicted molar refractivity (Wildman–Crippen MR) is 104 cm³/mol. The Bertz CT molecular complexity index is 1060. The molecule has 0 spiro atoms. The smallest absolute Gasteiger partial charge is 0.226 e. The first-order chi connectivity index (χ1) is 13.1. The Morgan fingerprint density at radius 1 is 1.26 bits per heavy atom. The standard InChI is InChI=1S/C20H20N4O3/c1-23-10-11-27-19-7-6-14(12-17(19)23)22-20(26)8-9-24-16-5-3-2-4-15(16)18(25)13-21-24/h2-7,12-13H,8-11H2,1H3,(H,22,26). The first-order valence-electron chi connectivity index (χ1n) is 8.84. The maximum atomic E-state index is 12.4. The van der Waals surface area contributed by atoms with Crippen LogP contribution in [-0.4, -0.2) is 35.9 Å². The SMILES string of the molecule is CN1CCOc2ccc(NC(=O)CCn3ncc(=O)c4ccccc43)cc21. The van der Waals surface area contributed by atoms with Crippen molar-refractivity contribution >= 4 is 28.2 Å². The van der Waals surface area contributed by atoms with E-state index in [1.807, 2.05) is 43.4 Å². The molecule has 1 N–H and O–H groups in total. The van der Waals surface area contributed by atoms with E-state index in [4.69, 9.17) is 4.74 Å². The predicted octanol–water partition coefficient (Wildman–Crippen LogP) is 2.25. The van der Waals surface area contributed by atoms with Crippen molar-refractivity contribution in [2.24, 2.45) is 0 Å². The molecule has 27 heavy (non-hydrogen) atoms. The molecule has 1 aliphatic heterocycles. The number of hydrogen-bond donors (Lipinski definition) is 1. The van der Waals surface area contributed by atoms with Crippen molar-refractivity contribution < 1.29 is 9.53 Å². The number of amides is 1. The normalized spacial score (nSPS) is 13.1. The van der Waals surface area contributed by atoms with Crippen molar-refractivity contribution in [1.82, 2.24) is 9.78 Å². The van der Waals surface area contributed by atoms with Crippen molar-refractivity contribution in [3.63, 3.8) is 0 Å². The highest BCUT2D eigenvalue weighted by molar-refractivity contribution is 5.91. The lowest BCUT2D eigenvalue weighted by atomic mass is 10.2. The molecule has 0 saturated carbocycles. The molecule has 0 saturated heterocycles. The number of nitrogens with zero attached hydrogens (tertiary/aromatic N) is 3. The molecule has 0 unspecified atom stereocenters. The Morgan fingerprint density at radius 2 is 2.11 bits per heavy atom. The quantitative estimate of drug-likeness (QED) is 0.768. The van der Waals surface area contributed by atoms with Crippen LogP contribution >= 0.6 is 0 Å². The summed E-state index contributed by atoms with van der Waals surface area (Å²) in [5.41, 5.74) is 2.30. The van der Waals surface area contributed by atoms with Gasteiger partial charge in [0.25, 0.3) is 0 Å². The van der Waals surface area contributed by atoms with Crippen LogP contribution in [0.5, 0.6) is 5.75 Å². The molecule has 0 fully saturated rings. The highest BCUT2D eigenvalue weighted by atomic mass is 16.5. The fourth-order valence-electron chi connectivity index (χ4n) is 3.20. The van der Waals surface area contributed by atoms with Gasteiger partial charge in [-0.1, -0.05) is 12.1 Å². The molecule has 1 amide bonds. The molecule has 0 atom stereocenters. The van der Waals surface area contributed by atoms with Gasteiger partial charge in [-0.3, -0.25) is 14.3 Å². The van der Waals surface area contributed by atoms with Gasteiger partial charge in [-0.25, -0.2) is 0 Å². The van der Waals surface area contributed by atoms with Crippen LogP contribution < -0.4 is 20.4 Å². The van der Waals surface area contributed by atoms with Gasteiger partial charge in [-0.15, -0.1) is 0 Å². The number of fused-ring (bicyclic) bond motifs is 2. The van der Waals surface area contributed by atoms with Crippen LogP contribution in [0.2, 0.25) is 0 Å². The molecule has 138 valence electrons. The van der Waals surface area contributed by atoms with Crippen LogP contribution in [0.25, 0.3) is 10.9 Å². The van der Waals surface area contributed by atoms with Gasteiger partial charge in [0.1, 0.15) is 12.4 Å². The molecular weight excluding hydrogens is 344 g/mol. The first-order valence-corrected chi connectivity index (χ1v) is 8.84. The average molecular weight is 364 g/mol. The van der Waals surface area contributed by atoms with E-state index in [0.29, 0.717) is 18.5 Å². The lowest BCUT2D eigenvalue weighted by Gasteiger charge is -2.28. The van der Waals surface area contributed by atoms with Gasteiger partial charge in [-0.2, -0.15) is 5.10 Å². The number of rotatable bonds is 4. The molecule has 0 aliphatic carbocycles. The fraction of sp³-hybridized carbons (Fsp3) is 0.250. The first kappa shape index (κ1) is 17.1. The Morgan fingerprint density at radius 3 is 3.00 bits per heavy atom. The van der Waals surface area contributed by atoms with Crippen LogP contribution in [0.3, 0.4) is 0 Å². The van der Waals surface area contributed by atoms with Crippen molar-refractivity contribution in [3.8, 4) is 5.75 Å². The van der Waals surface area contributed by atoms with E-state index in [1.54, 1.807) is 10.7 Å². The van der Waals surface area contributed by atoms with E-state index in [9.17, 15) is 9.59 Å². The monoisotopic (exact) mass is 364 g/mol. The van der Waals surface area contributed by atoms with Gasteiger partial charge < -0.3 is 15.0 Å². The van der Waals surface area contributed by atoms with Crippen molar-refractivity contribution in [1.29, 1.82) is 0 Å². The van der Waals surface area contributed by atoms with Crippen molar-refractivity contribution in [2.75, 3.05) is 30.4 Å². The minimum Gasteiger partial charge on any atom is -0.490 e. The van der Waals surface area contributed by atoms with Crippen LogP contribution in [0.4, 0.5) is 11.4 Å². The van der Waals surface area contributed by atoms with Crippen LogP contribution in [0, 0.1) is 0 Å². The molecule has 1 aromatic heterocycles. The van der Waals surface area contributed by atoms with Gasteiger partial charge in [0.05, 0.1) is 30.5 Å². The zero-order valence-electron chi connectivity index (χ0n) is 15.0. The molecule has 2 aromatic carbocycles. The fourth-order valence-corrected chi connectivity index (χ4v) is 3.20.